The van der Waals surface area contributed by atoms with Crippen LogP contribution in [-0.4, -0.2) is 43.1 Å². The average molecular weight is 332 g/mol. The van der Waals surface area contributed by atoms with Crippen molar-refractivity contribution < 1.29 is 19.1 Å². The van der Waals surface area contributed by atoms with Crippen LogP contribution >= 0.6 is 0 Å². The quantitative estimate of drug-likeness (QED) is 0.916. The van der Waals surface area contributed by atoms with Crippen LogP contribution in [0.2, 0.25) is 0 Å². The summed E-state index contributed by atoms with van der Waals surface area (Å²) < 4.78 is 10.6. The number of likely N-dealkylation sites (tertiary alicyclic amines) is 1. The lowest BCUT2D eigenvalue weighted by atomic mass is 9.95. The summed E-state index contributed by atoms with van der Waals surface area (Å²) in [6.07, 6.45) is 1.42. The summed E-state index contributed by atoms with van der Waals surface area (Å²) in [6, 6.07) is 5.26. The predicted molar refractivity (Wildman–Crippen MR) is 89.0 cm³/mol. The Kier molecular flexibility index (Phi) is 4.92. The molecule has 24 heavy (non-hydrogen) atoms. The molecular weight excluding hydrogens is 308 g/mol. The third-order valence-corrected chi connectivity index (χ3v) is 4.46. The molecule has 3 rings (SSSR count). The molecule has 1 aromatic carbocycles. The highest BCUT2D eigenvalue weighted by Gasteiger charge is 2.28. The van der Waals surface area contributed by atoms with Gasteiger partial charge in [-0.25, -0.2) is 0 Å². The molecule has 0 aromatic heterocycles. The molecule has 0 bridgehead atoms. The number of carbonyl (C=O) groups excluding carboxylic acids is 2. The van der Waals surface area contributed by atoms with E-state index in [2.05, 4.69) is 19.2 Å². The fourth-order valence-corrected chi connectivity index (χ4v) is 3.01. The first kappa shape index (κ1) is 16.6. The molecule has 0 spiro atoms. The molecule has 1 N–H and O–H groups in total. The molecule has 2 amide bonds. The number of fused-ring (bicyclic) bond motifs is 1. The Balaban J connectivity index is 1.54. The summed E-state index contributed by atoms with van der Waals surface area (Å²) in [5, 5.41) is 2.98. The van der Waals surface area contributed by atoms with Gasteiger partial charge in [-0.1, -0.05) is 13.8 Å². The van der Waals surface area contributed by atoms with Crippen molar-refractivity contribution in [3.63, 3.8) is 0 Å². The van der Waals surface area contributed by atoms with Gasteiger partial charge in [-0.05, 0) is 37.0 Å². The van der Waals surface area contributed by atoms with E-state index in [0.29, 0.717) is 55.5 Å². The Bertz CT molecular complexity index is 621. The highest BCUT2D eigenvalue weighted by Crippen LogP contribution is 2.33. The number of nitrogens with zero attached hydrogens (tertiary/aromatic N) is 1. The molecule has 1 aromatic rings. The summed E-state index contributed by atoms with van der Waals surface area (Å²) in [7, 11) is 0. The van der Waals surface area contributed by atoms with Gasteiger partial charge in [-0.2, -0.15) is 0 Å². The number of hydrogen-bond donors (Lipinski definition) is 1. The van der Waals surface area contributed by atoms with Crippen LogP contribution in [0.4, 0.5) is 0 Å². The highest BCUT2D eigenvalue weighted by atomic mass is 16.7. The molecule has 0 saturated carbocycles. The second kappa shape index (κ2) is 7.11. The molecule has 6 heteroatoms. The monoisotopic (exact) mass is 332 g/mol. The van der Waals surface area contributed by atoms with Crippen molar-refractivity contribution in [3.8, 4) is 11.5 Å². The largest absolute Gasteiger partial charge is 0.454 e. The first-order valence-electron chi connectivity index (χ1n) is 8.51. The van der Waals surface area contributed by atoms with Crippen LogP contribution in [0.5, 0.6) is 11.5 Å². The van der Waals surface area contributed by atoms with Crippen LogP contribution in [0.15, 0.2) is 18.2 Å². The van der Waals surface area contributed by atoms with Crippen molar-refractivity contribution in [2.75, 3.05) is 26.4 Å². The number of nitrogens with one attached hydrogen (secondary N) is 1. The third kappa shape index (κ3) is 3.63. The summed E-state index contributed by atoms with van der Waals surface area (Å²) in [4.78, 5) is 26.6. The van der Waals surface area contributed by atoms with E-state index in [1.54, 1.807) is 18.2 Å². The van der Waals surface area contributed by atoms with Crippen LogP contribution in [0.1, 0.15) is 37.0 Å². The molecule has 130 valence electrons. The number of piperidine rings is 1. The first-order valence-corrected chi connectivity index (χ1v) is 8.51. The van der Waals surface area contributed by atoms with Gasteiger partial charge in [0, 0.05) is 31.1 Å². The highest BCUT2D eigenvalue weighted by molar-refractivity contribution is 5.95. The van der Waals surface area contributed by atoms with Gasteiger partial charge in [-0.3, -0.25) is 9.59 Å². The van der Waals surface area contributed by atoms with E-state index < -0.39 is 0 Å². The first-order chi connectivity index (χ1) is 11.5. The van der Waals surface area contributed by atoms with Gasteiger partial charge < -0.3 is 19.7 Å². The molecular formula is C18H24N2O4. The van der Waals surface area contributed by atoms with Crippen molar-refractivity contribution in [2.45, 2.75) is 26.7 Å². The summed E-state index contributed by atoms with van der Waals surface area (Å²) in [5.41, 5.74) is 0.599. The zero-order chi connectivity index (χ0) is 17.1. The fourth-order valence-electron chi connectivity index (χ4n) is 3.01. The van der Waals surface area contributed by atoms with E-state index in [-0.39, 0.29) is 24.5 Å². The zero-order valence-corrected chi connectivity index (χ0v) is 14.2. The lowest BCUT2D eigenvalue weighted by Crippen LogP contribution is -2.43. The maximum atomic E-state index is 12.6. The van der Waals surface area contributed by atoms with Gasteiger partial charge in [0.25, 0.3) is 5.91 Å². The van der Waals surface area contributed by atoms with Gasteiger partial charge in [0.2, 0.25) is 12.7 Å². The number of carbonyl (C=O) groups is 2. The maximum Gasteiger partial charge on any atom is 0.253 e. The fraction of sp³-hybridized carbons (Fsp3) is 0.556. The second-order valence-corrected chi connectivity index (χ2v) is 6.77. The Morgan fingerprint density at radius 1 is 1.21 bits per heavy atom. The molecule has 2 aliphatic heterocycles. The Labute approximate surface area is 142 Å². The van der Waals surface area contributed by atoms with Gasteiger partial charge in [-0.15, -0.1) is 0 Å². The predicted octanol–water partition coefficient (Wildman–Crippen LogP) is 2.04. The third-order valence-electron chi connectivity index (χ3n) is 4.46. The Morgan fingerprint density at radius 3 is 2.62 bits per heavy atom. The summed E-state index contributed by atoms with van der Waals surface area (Å²) in [6.45, 7) is 6.26. The minimum atomic E-state index is -0.0191. The van der Waals surface area contributed by atoms with E-state index in [1.165, 1.54) is 0 Å². The maximum absolute atomic E-state index is 12.6. The molecule has 1 fully saturated rings. The standard InChI is InChI=1S/C18H24N2O4/c1-12(2)10-19-17(21)13-5-7-20(8-6-13)18(22)14-3-4-15-16(9-14)24-11-23-15/h3-4,9,12-13H,5-8,10-11H2,1-2H3,(H,19,21). The number of ether oxygens (including phenoxy) is 2. The molecule has 0 unspecified atom stereocenters. The van der Waals surface area contributed by atoms with E-state index in [4.69, 9.17) is 9.47 Å². The van der Waals surface area contributed by atoms with Gasteiger partial charge in [0.15, 0.2) is 11.5 Å². The number of hydrogen-bond acceptors (Lipinski definition) is 4. The van der Waals surface area contributed by atoms with Crippen molar-refractivity contribution in [1.29, 1.82) is 0 Å². The van der Waals surface area contributed by atoms with Crippen LogP contribution in [0, 0.1) is 11.8 Å². The van der Waals surface area contributed by atoms with Crippen LogP contribution in [0.25, 0.3) is 0 Å². The molecule has 2 aliphatic rings. The van der Waals surface area contributed by atoms with E-state index in [0.717, 1.165) is 0 Å². The minimum absolute atomic E-state index is 0.00422. The minimum Gasteiger partial charge on any atom is -0.454 e. The lowest BCUT2D eigenvalue weighted by Gasteiger charge is -2.31. The Hall–Kier alpha value is -2.24. The zero-order valence-electron chi connectivity index (χ0n) is 14.2. The molecule has 0 radical (unpaired) electrons. The normalized spacial score (nSPS) is 17.2. The van der Waals surface area contributed by atoms with Crippen molar-refractivity contribution in [1.82, 2.24) is 10.2 Å². The van der Waals surface area contributed by atoms with Crippen molar-refractivity contribution >= 4 is 11.8 Å². The number of amides is 2. The topological polar surface area (TPSA) is 67.9 Å². The van der Waals surface area contributed by atoms with Crippen LogP contribution in [0.3, 0.4) is 0 Å². The SMILES string of the molecule is CC(C)CNC(=O)C1CCN(C(=O)c2ccc3c(c2)OCO3)CC1. The lowest BCUT2D eigenvalue weighted by molar-refractivity contribution is -0.126. The molecule has 6 nitrogen and oxygen atoms in total. The van der Waals surface area contributed by atoms with E-state index in [1.807, 2.05) is 4.90 Å². The molecule has 1 saturated heterocycles. The van der Waals surface area contributed by atoms with E-state index in [9.17, 15) is 9.59 Å². The van der Waals surface area contributed by atoms with Gasteiger partial charge in [0.05, 0.1) is 0 Å². The molecule has 2 heterocycles. The Morgan fingerprint density at radius 2 is 1.92 bits per heavy atom. The van der Waals surface area contributed by atoms with Gasteiger partial charge in [0.1, 0.15) is 0 Å². The summed E-state index contributed by atoms with van der Waals surface area (Å²) >= 11 is 0. The van der Waals surface area contributed by atoms with Crippen molar-refractivity contribution in [3.05, 3.63) is 23.8 Å². The van der Waals surface area contributed by atoms with E-state index >= 15 is 0 Å². The summed E-state index contributed by atoms with van der Waals surface area (Å²) in [5.74, 6) is 1.83. The van der Waals surface area contributed by atoms with Crippen LogP contribution < -0.4 is 14.8 Å². The van der Waals surface area contributed by atoms with Crippen LogP contribution in [-0.2, 0) is 4.79 Å². The molecule has 0 aliphatic carbocycles. The average Bonchev–Trinajstić information content (AvgIpc) is 3.06. The molecule has 0 atom stereocenters. The van der Waals surface area contributed by atoms with Crippen molar-refractivity contribution in [2.24, 2.45) is 11.8 Å². The number of benzene rings is 1. The smallest absolute Gasteiger partial charge is 0.253 e. The second-order valence-electron chi connectivity index (χ2n) is 6.77. The van der Waals surface area contributed by atoms with Gasteiger partial charge >= 0.3 is 0 Å². The number of rotatable bonds is 4.